The molecule has 2 aliphatic heterocycles. The molecule has 0 saturated heterocycles. The maximum atomic E-state index is 12.7. The smallest absolute Gasteiger partial charge is 0.180 e. The van der Waals surface area contributed by atoms with Gasteiger partial charge in [0, 0.05) is 10.8 Å². The molecule has 1 aromatic rings. The second kappa shape index (κ2) is 8.42. The zero-order valence-corrected chi connectivity index (χ0v) is 21.5. The number of nitriles is 2. The molecule has 0 spiro atoms. The van der Waals surface area contributed by atoms with Crippen molar-refractivity contribution < 1.29 is 19.8 Å². The van der Waals surface area contributed by atoms with Crippen LogP contribution in [0.4, 0.5) is 0 Å². The third-order valence-corrected chi connectivity index (χ3v) is 9.72. The fraction of sp³-hybridized carbons (Fsp3) is 0.364. The van der Waals surface area contributed by atoms with Gasteiger partial charge in [0.2, 0.25) is 0 Å². The highest BCUT2D eigenvalue weighted by Gasteiger charge is 2.39. The van der Waals surface area contributed by atoms with Gasteiger partial charge in [0.25, 0.3) is 0 Å². The molecule has 32 heavy (non-hydrogen) atoms. The van der Waals surface area contributed by atoms with E-state index in [9.17, 15) is 30.3 Å². The number of carbonyl (C=O) groups is 2. The van der Waals surface area contributed by atoms with Crippen LogP contribution in [0.15, 0.2) is 39.2 Å². The number of thioether (sulfide) groups is 4. The number of Topliss-reactive ketones (excluding diaryl/α,β-unsaturated/α-hetero) is 2. The van der Waals surface area contributed by atoms with E-state index < -0.39 is 10.8 Å². The van der Waals surface area contributed by atoms with Crippen molar-refractivity contribution in [2.75, 3.05) is 0 Å². The number of phenolic OH excluding ortho intramolecular Hbond substituents is 2. The number of ketones is 2. The number of rotatable bonds is 2. The highest BCUT2D eigenvalue weighted by atomic mass is 32.2. The van der Waals surface area contributed by atoms with Crippen LogP contribution in [0.1, 0.15) is 41.5 Å². The Bertz CT molecular complexity index is 1080. The van der Waals surface area contributed by atoms with E-state index in [-0.39, 0.29) is 34.2 Å². The van der Waals surface area contributed by atoms with Crippen molar-refractivity contribution in [2.45, 2.75) is 61.1 Å². The summed E-state index contributed by atoms with van der Waals surface area (Å²) in [5.74, 6) is -0.840. The summed E-state index contributed by atoms with van der Waals surface area (Å²) in [6.45, 7) is 10.3. The topological polar surface area (TPSA) is 122 Å². The van der Waals surface area contributed by atoms with Crippen molar-refractivity contribution in [2.24, 2.45) is 10.8 Å². The minimum Gasteiger partial charge on any atom is -0.505 e. The van der Waals surface area contributed by atoms with Crippen LogP contribution in [-0.2, 0) is 9.59 Å². The van der Waals surface area contributed by atoms with Crippen molar-refractivity contribution >= 4 is 58.6 Å². The first-order chi connectivity index (χ1) is 14.7. The number of benzene rings is 1. The van der Waals surface area contributed by atoms with Gasteiger partial charge in [0.15, 0.2) is 11.6 Å². The van der Waals surface area contributed by atoms with Crippen molar-refractivity contribution in [3.8, 4) is 23.6 Å². The monoisotopic (exact) mass is 504 g/mol. The fourth-order valence-corrected chi connectivity index (χ4v) is 7.98. The van der Waals surface area contributed by atoms with Crippen molar-refractivity contribution in [3.63, 3.8) is 0 Å². The van der Waals surface area contributed by atoms with Crippen molar-refractivity contribution in [3.05, 3.63) is 19.6 Å². The lowest BCUT2D eigenvalue weighted by Gasteiger charge is -2.16. The highest BCUT2D eigenvalue weighted by molar-refractivity contribution is 8.26. The first kappa shape index (κ1) is 24.7. The summed E-state index contributed by atoms with van der Waals surface area (Å²) in [5.41, 5.74) is -1.52. The van der Waals surface area contributed by atoms with Gasteiger partial charge >= 0.3 is 0 Å². The largest absolute Gasteiger partial charge is 0.505 e. The Labute approximate surface area is 203 Å². The molecule has 2 heterocycles. The lowest BCUT2D eigenvalue weighted by molar-refractivity contribution is -0.122. The molecule has 10 heteroatoms. The molecule has 2 aliphatic rings. The molecule has 0 unspecified atom stereocenters. The normalized spacial score (nSPS) is 15.0. The van der Waals surface area contributed by atoms with Gasteiger partial charge in [-0.1, -0.05) is 88.6 Å². The van der Waals surface area contributed by atoms with Gasteiger partial charge in [-0.3, -0.25) is 9.59 Å². The van der Waals surface area contributed by atoms with Crippen molar-refractivity contribution in [1.82, 2.24) is 0 Å². The predicted molar refractivity (Wildman–Crippen MR) is 127 cm³/mol. The van der Waals surface area contributed by atoms with Gasteiger partial charge in [-0.05, 0) is 0 Å². The average Bonchev–Trinajstić information content (AvgIpc) is 3.31. The zero-order chi connectivity index (χ0) is 24.2. The van der Waals surface area contributed by atoms with Crippen LogP contribution < -0.4 is 0 Å². The quantitative estimate of drug-likeness (QED) is 0.273. The van der Waals surface area contributed by atoms with E-state index >= 15 is 0 Å². The van der Waals surface area contributed by atoms with E-state index in [0.29, 0.717) is 28.1 Å². The third-order valence-electron chi connectivity index (χ3n) is 4.50. The number of allylic oxidation sites excluding steroid dienone is 2. The Balaban J connectivity index is 2.09. The Morgan fingerprint density at radius 1 is 0.656 bits per heavy atom. The minimum atomic E-state index is -0.751. The molecule has 0 atom stereocenters. The molecule has 2 N–H and O–H groups in total. The zero-order valence-electron chi connectivity index (χ0n) is 18.2. The molecule has 166 valence electrons. The maximum absolute atomic E-state index is 12.7. The lowest BCUT2D eigenvalue weighted by Crippen LogP contribution is -2.21. The molecule has 0 fully saturated rings. The Morgan fingerprint density at radius 3 is 1.09 bits per heavy atom. The highest BCUT2D eigenvalue weighted by Crippen LogP contribution is 2.68. The number of carbonyl (C=O) groups excluding carboxylic acids is 2. The predicted octanol–water partition coefficient (Wildman–Crippen LogP) is 6.19. The van der Waals surface area contributed by atoms with Crippen molar-refractivity contribution in [1.29, 1.82) is 10.5 Å². The minimum absolute atomic E-state index is 0.00825. The summed E-state index contributed by atoms with van der Waals surface area (Å²) in [6, 6.07) is 3.94. The van der Waals surface area contributed by atoms with E-state index in [4.69, 9.17) is 0 Å². The summed E-state index contributed by atoms with van der Waals surface area (Å²) in [6.07, 6.45) is 0. The van der Waals surface area contributed by atoms with Crippen LogP contribution in [0, 0.1) is 33.5 Å². The maximum Gasteiger partial charge on any atom is 0.180 e. The Kier molecular flexibility index (Phi) is 6.49. The summed E-state index contributed by atoms with van der Waals surface area (Å²) in [4.78, 5) is 26.8. The van der Waals surface area contributed by atoms with Crippen LogP contribution in [0.3, 0.4) is 0 Å². The molecule has 6 nitrogen and oxygen atoms in total. The summed E-state index contributed by atoms with van der Waals surface area (Å²) >= 11 is 4.26. The Morgan fingerprint density at radius 2 is 0.906 bits per heavy atom. The molecule has 0 aromatic heterocycles. The summed E-state index contributed by atoms with van der Waals surface area (Å²) in [7, 11) is 0. The van der Waals surface area contributed by atoms with Crippen LogP contribution >= 0.6 is 47.0 Å². The number of phenols is 2. The number of nitrogens with zero attached hydrogens (tertiary/aromatic N) is 2. The van der Waals surface area contributed by atoms with E-state index in [1.165, 1.54) is 0 Å². The molecule has 0 saturated carbocycles. The molecule has 1 aromatic carbocycles. The molecule has 0 aliphatic carbocycles. The molecule has 0 amide bonds. The number of hydrogen-bond donors (Lipinski definition) is 2. The van der Waals surface area contributed by atoms with Crippen LogP contribution in [0.5, 0.6) is 11.5 Å². The number of fused-ring (bicyclic) bond motifs is 2. The van der Waals surface area contributed by atoms with Crippen LogP contribution in [-0.4, -0.2) is 21.8 Å². The second-order valence-electron chi connectivity index (χ2n) is 9.13. The van der Waals surface area contributed by atoms with Gasteiger partial charge in [0.05, 0.1) is 28.1 Å². The first-order valence-electron chi connectivity index (χ1n) is 9.44. The number of hydrogen-bond acceptors (Lipinski definition) is 10. The SMILES string of the molecule is CC(C)(C)C(=O)C(C#N)=C1Sc2c(O)c3c(c(O)c2S1)SC(=C(C#N)C(=O)C(C)(C)C)S3. The Hall–Kier alpha value is -1.98. The summed E-state index contributed by atoms with van der Waals surface area (Å²) < 4.78 is 0.811. The molecule has 0 bridgehead atoms. The molecular weight excluding hydrogens is 485 g/mol. The van der Waals surface area contributed by atoms with E-state index in [2.05, 4.69) is 0 Å². The van der Waals surface area contributed by atoms with Gasteiger partial charge in [-0.25, -0.2) is 0 Å². The van der Waals surface area contributed by atoms with Gasteiger partial charge in [-0.2, -0.15) is 10.5 Å². The van der Waals surface area contributed by atoms with Gasteiger partial charge < -0.3 is 10.2 Å². The molecular formula is C22H20N2O4S4. The number of aromatic hydroxyl groups is 2. The second-order valence-corrected chi connectivity index (χ2v) is 13.7. The van der Waals surface area contributed by atoms with Gasteiger partial charge in [0.1, 0.15) is 34.8 Å². The standard InChI is InChI=1S/C22H20N2O4S4/c1-21(2,3)17(27)9(7-23)19-29-13-11(25)15-16(12(26)14(13)30-19)32-20(31-15)10(8-24)18(28)22(4,5)6/h25-26H,1-6H3. The van der Waals surface area contributed by atoms with E-state index in [1.54, 1.807) is 41.5 Å². The molecule has 3 rings (SSSR count). The van der Waals surface area contributed by atoms with E-state index in [0.717, 1.165) is 47.0 Å². The van der Waals surface area contributed by atoms with Crippen LogP contribution in [0.25, 0.3) is 0 Å². The fourth-order valence-electron chi connectivity index (χ4n) is 2.76. The van der Waals surface area contributed by atoms with Gasteiger partial charge in [-0.15, -0.1) is 0 Å². The lowest BCUT2D eigenvalue weighted by atomic mass is 9.87. The first-order valence-corrected chi connectivity index (χ1v) is 12.7. The average molecular weight is 505 g/mol. The van der Waals surface area contributed by atoms with Crippen LogP contribution in [0.2, 0.25) is 0 Å². The molecule has 0 radical (unpaired) electrons. The third kappa shape index (κ3) is 4.17. The summed E-state index contributed by atoms with van der Waals surface area (Å²) in [5, 5.41) is 41.0. The van der Waals surface area contributed by atoms with E-state index in [1.807, 2.05) is 12.1 Å².